The number of benzene rings is 1. The van der Waals surface area contributed by atoms with E-state index in [0.29, 0.717) is 6.42 Å². The van der Waals surface area contributed by atoms with Crippen LogP contribution in [0.5, 0.6) is 0 Å². The summed E-state index contributed by atoms with van der Waals surface area (Å²) in [6, 6.07) is 5.91. The van der Waals surface area contributed by atoms with E-state index in [-0.39, 0.29) is 0 Å². The van der Waals surface area contributed by atoms with Crippen LogP contribution in [0.3, 0.4) is 0 Å². The molecule has 0 aliphatic rings. The molecular weight excluding hydrogens is 280 g/mol. The molecule has 3 nitrogen and oxygen atoms in total. The molecule has 90 valence electrons. The molecule has 0 fully saturated rings. The third-order valence-electron chi connectivity index (χ3n) is 2.88. The molecule has 1 heterocycles. The van der Waals surface area contributed by atoms with Gasteiger partial charge in [-0.3, -0.25) is 0 Å². The Balaban J connectivity index is 2.23. The monoisotopic (exact) mass is 294 g/mol. The third kappa shape index (κ3) is 2.58. The van der Waals surface area contributed by atoms with E-state index in [0.717, 1.165) is 21.4 Å². The van der Waals surface area contributed by atoms with Crippen molar-refractivity contribution in [2.75, 3.05) is 0 Å². The second-order valence-corrected chi connectivity index (χ2v) is 4.95. The van der Waals surface area contributed by atoms with Gasteiger partial charge < -0.3 is 9.67 Å². The summed E-state index contributed by atoms with van der Waals surface area (Å²) in [4.78, 5) is 4.22. The van der Waals surface area contributed by atoms with Gasteiger partial charge in [-0.2, -0.15) is 0 Å². The molecule has 17 heavy (non-hydrogen) atoms. The zero-order valence-corrected chi connectivity index (χ0v) is 11.5. The third-order valence-corrected chi connectivity index (χ3v) is 3.96. The molecule has 0 radical (unpaired) electrons. The lowest BCUT2D eigenvalue weighted by Gasteiger charge is -2.14. The number of aromatic nitrogens is 2. The van der Waals surface area contributed by atoms with Gasteiger partial charge in [-0.25, -0.2) is 4.98 Å². The molecule has 1 aromatic carbocycles. The number of imidazole rings is 1. The lowest BCUT2D eigenvalue weighted by atomic mass is 10.0. The highest BCUT2D eigenvalue weighted by Gasteiger charge is 2.15. The van der Waals surface area contributed by atoms with Gasteiger partial charge >= 0.3 is 0 Å². The Labute approximate surface area is 109 Å². The first-order chi connectivity index (χ1) is 8.09. The van der Waals surface area contributed by atoms with Gasteiger partial charge in [0, 0.05) is 30.3 Å². The van der Waals surface area contributed by atoms with Gasteiger partial charge in [0.1, 0.15) is 5.82 Å². The summed E-state index contributed by atoms with van der Waals surface area (Å²) in [6.45, 7) is 2.01. The van der Waals surface area contributed by atoms with Gasteiger partial charge in [0.2, 0.25) is 0 Å². The number of nitrogens with zero attached hydrogens (tertiary/aromatic N) is 2. The van der Waals surface area contributed by atoms with Crippen molar-refractivity contribution in [2.45, 2.75) is 19.4 Å². The van der Waals surface area contributed by atoms with Crippen LogP contribution in [0.15, 0.2) is 35.1 Å². The van der Waals surface area contributed by atoms with Crippen molar-refractivity contribution in [1.82, 2.24) is 9.55 Å². The van der Waals surface area contributed by atoms with E-state index in [1.54, 1.807) is 6.20 Å². The van der Waals surface area contributed by atoms with Crippen molar-refractivity contribution in [1.29, 1.82) is 0 Å². The van der Waals surface area contributed by atoms with E-state index in [9.17, 15) is 5.11 Å². The summed E-state index contributed by atoms with van der Waals surface area (Å²) in [5.41, 5.74) is 2.04. The predicted octanol–water partition coefficient (Wildman–Crippen LogP) is 2.77. The molecule has 2 rings (SSSR count). The molecular formula is C13H15BrN2O. The van der Waals surface area contributed by atoms with E-state index in [1.807, 2.05) is 42.9 Å². The molecule has 0 aliphatic heterocycles. The number of hydrogen-bond donors (Lipinski definition) is 1. The molecule has 2 aromatic rings. The number of hydrogen-bond acceptors (Lipinski definition) is 2. The van der Waals surface area contributed by atoms with E-state index in [1.165, 1.54) is 0 Å². The summed E-state index contributed by atoms with van der Waals surface area (Å²) in [5.74, 6) is 0.880. The molecule has 4 heteroatoms. The van der Waals surface area contributed by atoms with Gasteiger partial charge in [0.05, 0.1) is 6.10 Å². The normalized spacial score (nSPS) is 12.7. The lowest BCUT2D eigenvalue weighted by molar-refractivity contribution is 0.174. The van der Waals surface area contributed by atoms with Crippen molar-refractivity contribution < 1.29 is 5.11 Å². The first-order valence-electron chi connectivity index (χ1n) is 5.49. The zero-order valence-electron chi connectivity index (χ0n) is 9.89. The van der Waals surface area contributed by atoms with E-state index in [4.69, 9.17) is 0 Å². The molecule has 0 saturated carbocycles. The first kappa shape index (κ1) is 12.3. The van der Waals surface area contributed by atoms with E-state index < -0.39 is 6.10 Å². The van der Waals surface area contributed by atoms with Crippen LogP contribution in [0.4, 0.5) is 0 Å². The molecule has 0 saturated heterocycles. The lowest BCUT2D eigenvalue weighted by Crippen LogP contribution is -2.07. The largest absolute Gasteiger partial charge is 0.388 e. The zero-order chi connectivity index (χ0) is 12.4. The fourth-order valence-electron chi connectivity index (χ4n) is 1.80. The summed E-state index contributed by atoms with van der Waals surface area (Å²) < 4.78 is 2.90. The molecule has 1 atom stereocenters. The molecule has 0 bridgehead atoms. The number of aryl methyl sites for hydroxylation is 2. The van der Waals surface area contributed by atoms with Crippen molar-refractivity contribution >= 4 is 15.9 Å². The second kappa shape index (κ2) is 5.02. The Morgan fingerprint density at radius 1 is 1.47 bits per heavy atom. The minimum absolute atomic E-state index is 0.519. The van der Waals surface area contributed by atoms with Crippen LogP contribution >= 0.6 is 15.9 Å². The molecule has 0 spiro atoms. The van der Waals surface area contributed by atoms with Crippen LogP contribution in [-0.2, 0) is 13.5 Å². The van der Waals surface area contributed by atoms with E-state index in [2.05, 4.69) is 20.9 Å². The Morgan fingerprint density at radius 2 is 2.24 bits per heavy atom. The van der Waals surface area contributed by atoms with Crippen molar-refractivity contribution in [2.24, 2.45) is 7.05 Å². The predicted molar refractivity (Wildman–Crippen MR) is 70.8 cm³/mol. The summed E-state index contributed by atoms with van der Waals surface area (Å²) in [5, 5.41) is 10.2. The van der Waals surface area contributed by atoms with Crippen molar-refractivity contribution in [3.8, 4) is 0 Å². The Bertz CT molecular complexity index is 522. The van der Waals surface area contributed by atoms with Gasteiger partial charge in [0.15, 0.2) is 0 Å². The van der Waals surface area contributed by atoms with Crippen LogP contribution in [-0.4, -0.2) is 14.7 Å². The summed E-state index contributed by atoms with van der Waals surface area (Å²) in [7, 11) is 1.93. The van der Waals surface area contributed by atoms with Gasteiger partial charge in [-0.05, 0) is 18.1 Å². The van der Waals surface area contributed by atoms with Crippen LogP contribution in [0.1, 0.15) is 23.1 Å². The number of rotatable bonds is 3. The van der Waals surface area contributed by atoms with Crippen molar-refractivity contribution in [3.63, 3.8) is 0 Å². The van der Waals surface area contributed by atoms with Gasteiger partial charge in [-0.15, -0.1) is 0 Å². The Kier molecular flexibility index (Phi) is 3.64. The summed E-state index contributed by atoms with van der Waals surface area (Å²) in [6.07, 6.45) is 3.61. The van der Waals surface area contributed by atoms with Crippen LogP contribution < -0.4 is 0 Å². The minimum atomic E-state index is -0.537. The maximum atomic E-state index is 10.2. The topological polar surface area (TPSA) is 38.1 Å². The van der Waals surface area contributed by atoms with Crippen LogP contribution in [0.2, 0.25) is 0 Å². The summed E-state index contributed by atoms with van der Waals surface area (Å²) >= 11 is 3.52. The molecule has 1 aromatic heterocycles. The maximum absolute atomic E-state index is 10.2. The first-order valence-corrected chi connectivity index (χ1v) is 6.28. The second-order valence-electron chi connectivity index (χ2n) is 4.15. The minimum Gasteiger partial charge on any atom is -0.388 e. The highest BCUT2D eigenvalue weighted by molar-refractivity contribution is 9.10. The maximum Gasteiger partial charge on any atom is 0.111 e. The quantitative estimate of drug-likeness (QED) is 0.945. The molecule has 1 N–H and O–H groups in total. The average molecular weight is 295 g/mol. The fourth-order valence-corrected chi connectivity index (χ4v) is 2.33. The number of aliphatic hydroxyl groups excluding tert-OH is 1. The molecule has 1 unspecified atom stereocenters. The van der Waals surface area contributed by atoms with Crippen LogP contribution in [0, 0.1) is 6.92 Å². The van der Waals surface area contributed by atoms with Gasteiger partial charge in [0.25, 0.3) is 0 Å². The van der Waals surface area contributed by atoms with Crippen LogP contribution in [0.25, 0.3) is 0 Å². The smallest absolute Gasteiger partial charge is 0.111 e. The fraction of sp³-hybridized carbons (Fsp3) is 0.308. The van der Waals surface area contributed by atoms with E-state index >= 15 is 0 Å². The highest BCUT2D eigenvalue weighted by Crippen LogP contribution is 2.28. The standard InChI is InChI=1S/C13H15BrN2O/c1-9-4-3-5-10(13(9)14)11(17)8-12-15-6-7-16(12)2/h3-7,11,17H,8H2,1-2H3. The number of halogens is 1. The average Bonchev–Trinajstić information content (AvgIpc) is 2.68. The number of aliphatic hydroxyl groups is 1. The SMILES string of the molecule is Cc1cccc(C(O)Cc2nccn2C)c1Br. The van der Waals surface area contributed by atoms with Gasteiger partial charge in [-0.1, -0.05) is 34.1 Å². The highest BCUT2D eigenvalue weighted by atomic mass is 79.9. The molecule has 0 amide bonds. The Hall–Kier alpha value is -1.13. The molecule has 0 aliphatic carbocycles. The van der Waals surface area contributed by atoms with Crippen molar-refractivity contribution in [3.05, 3.63) is 52.0 Å². The Morgan fingerprint density at radius 3 is 2.88 bits per heavy atom.